The molecule has 0 unspecified atom stereocenters. The number of fused-ring (bicyclic) bond motifs is 5. The van der Waals surface area contributed by atoms with E-state index >= 15 is 0 Å². The van der Waals surface area contributed by atoms with Crippen LogP contribution in [0.3, 0.4) is 0 Å². The van der Waals surface area contributed by atoms with Crippen molar-refractivity contribution in [1.82, 2.24) is 25.1 Å². The number of rotatable bonds is 6. The normalized spacial score (nSPS) is 21.5. The van der Waals surface area contributed by atoms with Crippen molar-refractivity contribution in [3.05, 3.63) is 77.2 Å². The van der Waals surface area contributed by atoms with Crippen LogP contribution in [0.15, 0.2) is 47.3 Å². The minimum absolute atomic E-state index is 0.0258. The molecule has 1 fully saturated rings. The van der Waals surface area contributed by atoms with Gasteiger partial charge in [0.05, 0.1) is 34.3 Å². The van der Waals surface area contributed by atoms with Gasteiger partial charge in [-0.15, -0.1) is 5.10 Å². The average molecular weight is 566 g/mol. The van der Waals surface area contributed by atoms with Gasteiger partial charge in [0.2, 0.25) is 5.89 Å². The van der Waals surface area contributed by atoms with E-state index in [1.807, 2.05) is 0 Å². The minimum Gasteiger partial charge on any atom is -0.443 e. The van der Waals surface area contributed by atoms with E-state index in [0.717, 1.165) is 24.1 Å². The van der Waals surface area contributed by atoms with Crippen LogP contribution >= 0.6 is 0 Å². The van der Waals surface area contributed by atoms with Crippen molar-refractivity contribution in [2.75, 3.05) is 5.75 Å². The number of halogens is 2. The Kier molecular flexibility index (Phi) is 5.79. The number of oxazole rings is 1. The Morgan fingerprint density at radius 2 is 1.80 bits per heavy atom. The molecule has 2 aliphatic rings. The Balaban J connectivity index is 1.45. The molecule has 3 aromatic heterocycles. The van der Waals surface area contributed by atoms with Gasteiger partial charge in [0, 0.05) is 11.9 Å². The second-order valence-electron chi connectivity index (χ2n) is 11.6. The van der Waals surface area contributed by atoms with E-state index in [-0.39, 0.29) is 34.2 Å². The zero-order chi connectivity index (χ0) is 28.7. The fraction of sp³-hybridized carbons (Fsp3) is 0.414. The van der Waals surface area contributed by atoms with Gasteiger partial charge in [-0.05, 0) is 61.8 Å². The maximum absolute atomic E-state index is 14.6. The molecule has 11 heteroatoms. The predicted molar refractivity (Wildman–Crippen MR) is 144 cm³/mol. The van der Waals surface area contributed by atoms with Crippen molar-refractivity contribution < 1.29 is 21.6 Å². The Hall–Kier alpha value is -3.60. The van der Waals surface area contributed by atoms with Crippen molar-refractivity contribution in [2.45, 2.75) is 63.5 Å². The number of hydrogen-bond acceptors (Lipinski definition) is 8. The highest BCUT2D eigenvalue weighted by molar-refractivity contribution is 7.92. The van der Waals surface area contributed by atoms with Gasteiger partial charge in [-0.2, -0.15) is 5.10 Å². The number of nitrogens with zero attached hydrogens (tertiary/aromatic N) is 5. The van der Waals surface area contributed by atoms with Crippen LogP contribution in [0, 0.1) is 17.0 Å². The number of hydrogen-bond donors (Lipinski definition) is 0. The van der Waals surface area contributed by atoms with E-state index in [0.29, 0.717) is 17.1 Å². The van der Waals surface area contributed by atoms with Crippen LogP contribution in [-0.2, 0) is 20.0 Å². The fourth-order valence-corrected chi connectivity index (χ4v) is 7.75. The molecule has 3 heterocycles. The molecular formula is C29H29F2N5O3S. The summed E-state index contributed by atoms with van der Waals surface area (Å²) in [5.74, 6) is -1.16. The van der Waals surface area contributed by atoms with Gasteiger partial charge in [0.1, 0.15) is 34.0 Å². The zero-order valence-corrected chi connectivity index (χ0v) is 23.7. The van der Waals surface area contributed by atoms with Crippen LogP contribution in [0.5, 0.6) is 0 Å². The van der Waals surface area contributed by atoms with Gasteiger partial charge in [0.15, 0.2) is 9.84 Å². The summed E-state index contributed by atoms with van der Waals surface area (Å²) in [5, 5.41) is 8.84. The first-order chi connectivity index (χ1) is 18.8. The van der Waals surface area contributed by atoms with Crippen LogP contribution < -0.4 is 0 Å². The summed E-state index contributed by atoms with van der Waals surface area (Å²) in [5.41, 5.74) is 1.93. The second kappa shape index (κ2) is 8.70. The van der Waals surface area contributed by atoms with Crippen molar-refractivity contribution in [3.8, 4) is 22.8 Å². The lowest BCUT2D eigenvalue weighted by Gasteiger charge is -2.37. The Morgan fingerprint density at radius 1 is 1.07 bits per heavy atom. The van der Waals surface area contributed by atoms with Crippen LogP contribution in [0.25, 0.3) is 22.8 Å². The first-order valence-corrected chi connectivity index (χ1v) is 14.8. The van der Waals surface area contributed by atoms with E-state index in [4.69, 9.17) is 9.40 Å². The fourth-order valence-electron chi connectivity index (χ4n) is 6.62. The molecule has 0 saturated heterocycles. The first kappa shape index (κ1) is 26.6. The largest absolute Gasteiger partial charge is 0.443 e. The van der Waals surface area contributed by atoms with Crippen LogP contribution in [-0.4, -0.2) is 39.3 Å². The molecule has 2 atom stereocenters. The molecule has 1 saturated carbocycles. The summed E-state index contributed by atoms with van der Waals surface area (Å²) in [6, 6.07) is 5.49. The van der Waals surface area contributed by atoms with E-state index in [9.17, 15) is 17.2 Å². The summed E-state index contributed by atoms with van der Waals surface area (Å²) in [6.45, 7) is 9.09. The summed E-state index contributed by atoms with van der Waals surface area (Å²) in [7, 11) is -3.45. The highest BCUT2D eigenvalue weighted by atomic mass is 32.2. The lowest BCUT2D eigenvalue weighted by Crippen LogP contribution is -2.38. The summed E-state index contributed by atoms with van der Waals surface area (Å²) < 4.78 is 58.9. The topological polar surface area (TPSA) is 112 Å². The SMILES string of the molecule is CCS(=O)(=O)C(C)(C)c1coc(-c2cncc([C@@]34CC[C@@H](c5cc(-c6c(F)cccc6F)nnc53)C4(C)C)n2)n1. The van der Waals surface area contributed by atoms with E-state index in [1.165, 1.54) is 30.7 Å². The molecule has 0 amide bonds. The molecule has 8 nitrogen and oxygen atoms in total. The van der Waals surface area contributed by atoms with E-state index in [2.05, 4.69) is 34.0 Å². The molecule has 6 rings (SSSR count). The third-order valence-electron chi connectivity index (χ3n) is 9.17. The highest BCUT2D eigenvalue weighted by Gasteiger charge is 2.65. The van der Waals surface area contributed by atoms with Gasteiger partial charge in [-0.1, -0.05) is 26.8 Å². The Labute approximate surface area is 231 Å². The second-order valence-corrected chi connectivity index (χ2v) is 14.4. The van der Waals surface area contributed by atoms with Crippen molar-refractivity contribution in [2.24, 2.45) is 5.41 Å². The smallest absolute Gasteiger partial charge is 0.246 e. The van der Waals surface area contributed by atoms with E-state index in [1.54, 1.807) is 33.0 Å². The molecule has 208 valence electrons. The van der Waals surface area contributed by atoms with E-state index < -0.39 is 31.6 Å². The van der Waals surface area contributed by atoms with Crippen LogP contribution in [0.1, 0.15) is 76.0 Å². The van der Waals surface area contributed by atoms with Gasteiger partial charge in [0.25, 0.3) is 0 Å². The maximum Gasteiger partial charge on any atom is 0.246 e. The molecule has 0 N–H and O–H groups in total. The average Bonchev–Trinajstić information content (AvgIpc) is 3.57. The molecule has 2 aliphatic carbocycles. The molecule has 0 aliphatic heterocycles. The highest BCUT2D eigenvalue weighted by Crippen LogP contribution is 2.69. The number of benzene rings is 1. The summed E-state index contributed by atoms with van der Waals surface area (Å²) >= 11 is 0. The van der Waals surface area contributed by atoms with Gasteiger partial charge in [-0.3, -0.25) is 4.98 Å². The van der Waals surface area contributed by atoms with Gasteiger partial charge >= 0.3 is 0 Å². The van der Waals surface area contributed by atoms with Crippen LogP contribution in [0.2, 0.25) is 0 Å². The standard InChI is InChI=1S/C29H29F2N5O3S/c1-6-40(37,38)28(4,5)23-15-39-26(34-23)21-13-32-14-22(33-21)29-11-10-17(27(29,2)3)16-12-20(35-36-25(16)29)24-18(30)8-7-9-19(24)31/h7-9,12-15,17H,6,10-11H2,1-5H3/t17-,29-/m0/s1. The third-order valence-corrected chi connectivity index (χ3v) is 11.7. The van der Waals surface area contributed by atoms with Crippen LogP contribution in [0.4, 0.5) is 8.78 Å². The lowest BCUT2D eigenvalue weighted by atomic mass is 9.66. The summed E-state index contributed by atoms with van der Waals surface area (Å²) in [4.78, 5) is 13.9. The van der Waals surface area contributed by atoms with Gasteiger partial charge < -0.3 is 4.42 Å². The monoisotopic (exact) mass is 565 g/mol. The summed E-state index contributed by atoms with van der Waals surface area (Å²) in [6.07, 6.45) is 6.16. The first-order valence-electron chi connectivity index (χ1n) is 13.2. The zero-order valence-electron chi connectivity index (χ0n) is 22.9. The number of aromatic nitrogens is 5. The lowest BCUT2D eigenvalue weighted by molar-refractivity contribution is 0.242. The molecule has 1 aromatic carbocycles. The predicted octanol–water partition coefficient (Wildman–Crippen LogP) is 5.74. The third kappa shape index (κ3) is 3.45. The Bertz CT molecular complexity index is 1750. The Morgan fingerprint density at radius 3 is 2.50 bits per heavy atom. The maximum atomic E-state index is 14.6. The minimum atomic E-state index is -3.45. The molecule has 0 radical (unpaired) electrons. The van der Waals surface area contributed by atoms with Crippen molar-refractivity contribution in [3.63, 3.8) is 0 Å². The quantitative estimate of drug-likeness (QED) is 0.291. The number of sulfone groups is 1. The molecule has 0 spiro atoms. The molecule has 40 heavy (non-hydrogen) atoms. The molecule has 4 aromatic rings. The van der Waals surface area contributed by atoms with Crippen molar-refractivity contribution >= 4 is 9.84 Å². The van der Waals surface area contributed by atoms with Crippen molar-refractivity contribution in [1.29, 1.82) is 0 Å². The molecular weight excluding hydrogens is 536 g/mol. The van der Waals surface area contributed by atoms with Gasteiger partial charge in [-0.25, -0.2) is 27.2 Å². The molecule has 2 bridgehead atoms.